The lowest BCUT2D eigenvalue weighted by atomic mass is 10.2. The maximum Gasteiger partial charge on any atom is 0.102 e. The van der Waals surface area contributed by atoms with E-state index >= 15 is 0 Å². The largest absolute Gasteiger partial charge is 0.377 e. The smallest absolute Gasteiger partial charge is 0.102 e. The van der Waals surface area contributed by atoms with Crippen LogP contribution in [0.25, 0.3) is 0 Å². The van der Waals surface area contributed by atoms with Gasteiger partial charge in [-0.15, -0.1) is 0 Å². The predicted molar refractivity (Wildman–Crippen MR) is 55.3 cm³/mol. The summed E-state index contributed by atoms with van der Waals surface area (Å²) in [7, 11) is 1.95. The minimum atomic E-state index is -0.249. The summed E-state index contributed by atoms with van der Waals surface area (Å²) in [5.74, 6) is 0. The molecule has 1 unspecified atom stereocenters. The van der Waals surface area contributed by atoms with Gasteiger partial charge in [0, 0.05) is 19.6 Å². The number of hydrogen-bond donors (Lipinski definition) is 1. The van der Waals surface area contributed by atoms with Gasteiger partial charge in [-0.3, -0.25) is 4.90 Å². The van der Waals surface area contributed by atoms with Crippen LogP contribution in [0, 0.1) is 0 Å². The number of nitrogens with one attached hydrogen (secondary N) is 1. The van der Waals surface area contributed by atoms with Gasteiger partial charge in [-0.25, -0.2) is 4.39 Å². The van der Waals surface area contributed by atoms with E-state index in [1.807, 2.05) is 7.05 Å². The zero-order chi connectivity index (χ0) is 10.2. The van der Waals surface area contributed by atoms with Gasteiger partial charge < -0.3 is 10.1 Å². The van der Waals surface area contributed by atoms with Gasteiger partial charge in [-0.05, 0) is 26.4 Å². The molecule has 0 saturated carbocycles. The van der Waals surface area contributed by atoms with E-state index in [4.69, 9.17) is 4.74 Å². The van der Waals surface area contributed by atoms with E-state index in [2.05, 4.69) is 10.2 Å². The summed E-state index contributed by atoms with van der Waals surface area (Å²) >= 11 is 0. The van der Waals surface area contributed by atoms with Crippen LogP contribution in [-0.4, -0.2) is 57.5 Å². The van der Waals surface area contributed by atoms with E-state index in [0.29, 0.717) is 12.6 Å². The second kappa shape index (κ2) is 7.15. The maximum atomic E-state index is 12.1. The average Bonchev–Trinajstić information content (AvgIpc) is 2.41. The molecule has 1 N–H and O–H groups in total. The number of alkyl halides is 1. The fourth-order valence-electron chi connectivity index (χ4n) is 1.75. The molecule has 0 spiro atoms. The van der Waals surface area contributed by atoms with Crippen LogP contribution in [0.2, 0.25) is 0 Å². The Balaban J connectivity index is 2.19. The molecule has 1 saturated heterocycles. The van der Waals surface area contributed by atoms with Crippen LogP contribution < -0.4 is 5.32 Å². The second-order valence-corrected chi connectivity index (χ2v) is 3.70. The average molecular weight is 204 g/mol. The molecular weight excluding hydrogens is 183 g/mol. The standard InChI is InChI=1S/C10H21FN2O/c1-12-5-2-10-3-6-13(7-4-11)8-9-14-10/h10,12H,2-9H2,1H3. The molecule has 0 aliphatic carbocycles. The Bertz CT molecular complexity index is 146. The molecule has 0 aromatic rings. The first kappa shape index (κ1) is 11.9. The SMILES string of the molecule is CNCCC1CCN(CCF)CCO1. The summed E-state index contributed by atoms with van der Waals surface area (Å²) in [5.41, 5.74) is 0. The first-order valence-corrected chi connectivity index (χ1v) is 5.41. The molecule has 0 aromatic carbocycles. The summed E-state index contributed by atoms with van der Waals surface area (Å²) in [6.45, 7) is 3.89. The van der Waals surface area contributed by atoms with Crippen molar-refractivity contribution in [1.82, 2.24) is 10.2 Å². The lowest BCUT2D eigenvalue weighted by Gasteiger charge is -2.16. The minimum Gasteiger partial charge on any atom is -0.377 e. The highest BCUT2D eigenvalue weighted by Crippen LogP contribution is 2.09. The van der Waals surface area contributed by atoms with Gasteiger partial charge in [0.15, 0.2) is 0 Å². The molecule has 0 radical (unpaired) electrons. The van der Waals surface area contributed by atoms with E-state index in [1.165, 1.54) is 0 Å². The third-order valence-corrected chi connectivity index (χ3v) is 2.65. The fourth-order valence-corrected chi connectivity index (χ4v) is 1.75. The molecule has 0 amide bonds. The van der Waals surface area contributed by atoms with Crippen molar-refractivity contribution in [2.24, 2.45) is 0 Å². The van der Waals surface area contributed by atoms with Gasteiger partial charge in [0.25, 0.3) is 0 Å². The maximum absolute atomic E-state index is 12.1. The highest BCUT2D eigenvalue weighted by molar-refractivity contribution is 4.68. The number of rotatable bonds is 5. The van der Waals surface area contributed by atoms with E-state index in [1.54, 1.807) is 0 Å². The van der Waals surface area contributed by atoms with Crippen molar-refractivity contribution in [2.45, 2.75) is 18.9 Å². The van der Waals surface area contributed by atoms with Crippen LogP contribution in [0.5, 0.6) is 0 Å². The van der Waals surface area contributed by atoms with Crippen LogP contribution >= 0.6 is 0 Å². The van der Waals surface area contributed by atoms with E-state index in [9.17, 15) is 4.39 Å². The molecule has 1 rings (SSSR count). The molecule has 84 valence electrons. The molecule has 0 bridgehead atoms. The van der Waals surface area contributed by atoms with Crippen LogP contribution in [0.15, 0.2) is 0 Å². The van der Waals surface area contributed by atoms with Gasteiger partial charge in [-0.1, -0.05) is 0 Å². The fraction of sp³-hybridized carbons (Fsp3) is 1.00. The zero-order valence-corrected chi connectivity index (χ0v) is 8.97. The van der Waals surface area contributed by atoms with Crippen molar-refractivity contribution in [2.75, 3.05) is 46.5 Å². The Labute approximate surface area is 85.6 Å². The predicted octanol–water partition coefficient (Wildman–Crippen LogP) is 0.656. The Hall–Kier alpha value is -0.190. The van der Waals surface area contributed by atoms with E-state index < -0.39 is 0 Å². The summed E-state index contributed by atoms with van der Waals surface area (Å²) in [4.78, 5) is 2.14. The Morgan fingerprint density at radius 3 is 3.07 bits per heavy atom. The number of nitrogens with zero attached hydrogens (tertiary/aromatic N) is 1. The highest BCUT2D eigenvalue weighted by atomic mass is 19.1. The number of ether oxygens (including phenoxy) is 1. The first-order chi connectivity index (χ1) is 6.86. The van der Waals surface area contributed by atoms with Crippen molar-refractivity contribution < 1.29 is 9.13 Å². The van der Waals surface area contributed by atoms with Gasteiger partial charge in [0.1, 0.15) is 6.67 Å². The molecule has 1 aliphatic rings. The summed E-state index contributed by atoms with van der Waals surface area (Å²) in [6.07, 6.45) is 2.44. The van der Waals surface area contributed by atoms with Gasteiger partial charge in [0.2, 0.25) is 0 Å². The zero-order valence-electron chi connectivity index (χ0n) is 8.97. The Morgan fingerprint density at radius 1 is 1.50 bits per heavy atom. The summed E-state index contributed by atoms with van der Waals surface area (Å²) < 4.78 is 17.8. The van der Waals surface area contributed by atoms with Gasteiger partial charge in [-0.2, -0.15) is 0 Å². The normalized spacial score (nSPS) is 24.9. The Morgan fingerprint density at radius 2 is 2.36 bits per heavy atom. The van der Waals surface area contributed by atoms with Crippen LogP contribution in [0.4, 0.5) is 4.39 Å². The Kier molecular flexibility index (Phi) is 6.07. The quantitative estimate of drug-likeness (QED) is 0.712. The minimum absolute atomic E-state index is 0.249. The van der Waals surface area contributed by atoms with Crippen molar-refractivity contribution in [1.29, 1.82) is 0 Å². The summed E-state index contributed by atoms with van der Waals surface area (Å²) in [5, 5.41) is 3.12. The molecule has 4 heteroatoms. The van der Waals surface area contributed by atoms with Crippen LogP contribution in [0.3, 0.4) is 0 Å². The van der Waals surface area contributed by atoms with Gasteiger partial charge in [0.05, 0.1) is 12.7 Å². The van der Waals surface area contributed by atoms with E-state index in [-0.39, 0.29) is 6.67 Å². The number of hydrogen-bond acceptors (Lipinski definition) is 3. The molecule has 0 aromatic heterocycles. The molecule has 3 nitrogen and oxygen atoms in total. The van der Waals surface area contributed by atoms with Crippen LogP contribution in [0.1, 0.15) is 12.8 Å². The monoisotopic (exact) mass is 204 g/mol. The third kappa shape index (κ3) is 4.35. The summed E-state index contributed by atoms with van der Waals surface area (Å²) in [6, 6.07) is 0. The molecule has 1 heterocycles. The van der Waals surface area contributed by atoms with Gasteiger partial charge >= 0.3 is 0 Å². The van der Waals surface area contributed by atoms with Crippen LogP contribution in [-0.2, 0) is 4.74 Å². The van der Waals surface area contributed by atoms with Crippen molar-refractivity contribution >= 4 is 0 Å². The number of halogens is 1. The first-order valence-electron chi connectivity index (χ1n) is 5.41. The topological polar surface area (TPSA) is 24.5 Å². The second-order valence-electron chi connectivity index (χ2n) is 3.70. The van der Waals surface area contributed by atoms with Crippen molar-refractivity contribution in [3.63, 3.8) is 0 Å². The highest BCUT2D eigenvalue weighted by Gasteiger charge is 2.16. The third-order valence-electron chi connectivity index (χ3n) is 2.65. The van der Waals surface area contributed by atoms with Crippen molar-refractivity contribution in [3.8, 4) is 0 Å². The molecule has 1 fully saturated rings. The van der Waals surface area contributed by atoms with E-state index in [0.717, 1.165) is 39.1 Å². The molecule has 14 heavy (non-hydrogen) atoms. The molecule has 1 aliphatic heterocycles. The molecular formula is C10H21FN2O. The lowest BCUT2D eigenvalue weighted by Crippen LogP contribution is -2.28. The lowest BCUT2D eigenvalue weighted by molar-refractivity contribution is 0.0567. The van der Waals surface area contributed by atoms with Crippen molar-refractivity contribution in [3.05, 3.63) is 0 Å². The molecule has 1 atom stereocenters.